The SMILES string of the molecule is O=C(O)c1ccc(OCC2CC3CCC2C3)cc1F. The van der Waals surface area contributed by atoms with Crippen molar-refractivity contribution < 1.29 is 19.0 Å². The number of rotatable bonds is 4. The molecule has 3 nitrogen and oxygen atoms in total. The lowest BCUT2D eigenvalue weighted by atomic mass is 9.89. The minimum absolute atomic E-state index is 0.313. The van der Waals surface area contributed by atoms with E-state index >= 15 is 0 Å². The van der Waals surface area contributed by atoms with Crippen LogP contribution < -0.4 is 4.74 Å². The lowest BCUT2D eigenvalue weighted by Crippen LogP contribution is -2.18. The van der Waals surface area contributed by atoms with Crippen LogP contribution in [0.15, 0.2) is 18.2 Å². The number of benzene rings is 1. The number of hydrogen-bond donors (Lipinski definition) is 1. The van der Waals surface area contributed by atoms with Gasteiger partial charge in [-0.1, -0.05) is 6.42 Å². The van der Waals surface area contributed by atoms with Crippen molar-refractivity contribution in [1.82, 2.24) is 0 Å². The van der Waals surface area contributed by atoms with Crippen molar-refractivity contribution >= 4 is 5.97 Å². The van der Waals surface area contributed by atoms with Crippen LogP contribution in [0.25, 0.3) is 0 Å². The van der Waals surface area contributed by atoms with Gasteiger partial charge in [-0.3, -0.25) is 0 Å². The van der Waals surface area contributed by atoms with E-state index in [1.54, 1.807) is 0 Å². The van der Waals surface area contributed by atoms with Crippen LogP contribution in [-0.4, -0.2) is 17.7 Å². The van der Waals surface area contributed by atoms with Gasteiger partial charge in [0.15, 0.2) is 0 Å². The zero-order valence-corrected chi connectivity index (χ0v) is 10.6. The Labute approximate surface area is 111 Å². The molecule has 2 fully saturated rings. The first kappa shape index (κ1) is 12.5. The van der Waals surface area contributed by atoms with Crippen LogP contribution in [0.3, 0.4) is 0 Å². The third-order valence-corrected chi connectivity index (χ3v) is 4.52. The van der Waals surface area contributed by atoms with E-state index < -0.39 is 11.8 Å². The van der Waals surface area contributed by atoms with Gasteiger partial charge in [-0.2, -0.15) is 0 Å². The molecule has 0 spiro atoms. The van der Waals surface area contributed by atoms with Crippen LogP contribution in [-0.2, 0) is 0 Å². The molecule has 0 amide bonds. The lowest BCUT2D eigenvalue weighted by Gasteiger charge is -2.21. The number of fused-ring (bicyclic) bond motifs is 2. The average Bonchev–Trinajstić information content (AvgIpc) is 2.98. The van der Waals surface area contributed by atoms with Crippen LogP contribution in [0.2, 0.25) is 0 Å². The van der Waals surface area contributed by atoms with Gasteiger partial charge in [-0.25, -0.2) is 9.18 Å². The third-order valence-electron chi connectivity index (χ3n) is 4.52. The maximum absolute atomic E-state index is 13.5. The molecule has 0 aromatic heterocycles. The van der Waals surface area contributed by atoms with Gasteiger partial charge >= 0.3 is 5.97 Å². The van der Waals surface area contributed by atoms with E-state index in [2.05, 4.69) is 0 Å². The van der Waals surface area contributed by atoms with Crippen LogP contribution in [0.5, 0.6) is 5.75 Å². The second-order valence-corrected chi connectivity index (χ2v) is 5.69. The fraction of sp³-hybridized carbons (Fsp3) is 0.533. The van der Waals surface area contributed by atoms with Crippen molar-refractivity contribution in [3.8, 4) is 5.75 Å². The first-order chi connectivity index (χ1) is 9.13. The van der Waals surface area contributed by atoms with Crippen molar-refractivity contribution in [2.75, 3.05) is 6.61 Å². The monoisotopic (exact) mass is 264 g/mol. The quantitative estimate of drug-likeness (QED) is 0.907. The molecule has 2 aliphatic rings. The molecule has 19 heavy (non-hydrogen) atoms. The molecule has 3 unspecified atom stereocenters. The maximum Gasteiger partial charge on any atom is 0.338 e. The second-order valence-electron chi connectivity index (χ2n) is 5.69. The molecule has 0 heterocycles. The molecule has 0 radical (unpaired) electrons. The molecule has 1 aromatic rings. The fourth-order valence-corrected chi connectivity index (χ4v) is 3.54. The molecule has 2 bridgehead atoms. The summed E-state index contributed by atoms with van der Waals surface area (Å²) in [4.78, 5) is 10.7. The van der Waals surface area contributed by atoms with E-state index in [1.165, 1.54) is 37.8 Å². The van der Waals surface area contributed by atoms with Crippen LogP contribution in [0.1, 0.15) is 36.0 Å². The Hall–Kier alpha value is -1.58. The average molecular weight is 264 g/mol. The summed E-state index contributed by atoms with van der Waals surface area (Å²) in [6.07, 6.45) is 5.19. The zero-order chi connectivity index (χ0) is 13.4. The van der Waals surface area contributed by atoms with Gasteiger partial charge in [0.2, 0.25) is 0 Å². The maximum atomic E-state index is 13.5. The van der Waals surface area contributed by atoms with Gasteiger partial charge in [0, 0.05) is 6.07 Å². The fourth-order valence-electron chi connectivity index (χ4n) is 3.54. The first-order valence-corrected chi connectivity index (χ1v) is 6.79. The largest absolute Gasteiger partial charge is 0.493 e. The summed E-state index contributed by atoms with van der Waals surface area (Å²) < 4.78 is 19.1. The Bertz CT molecular complexity index is 500. The van der Waals surface area contributed by atoms with Crippen molar-refractivity contribution in [1.29, 1.82) is 0 Å². The van der Waals surface area contributed by atoms with Crippen molar-refractivity contribution in [3.63, 3.8) is 0 Å². The minimum Gasteiger partial charge on any atom is -0.493 e. The van der Waals surface area contributed by atoms with Gasteiger partial charge in [0.05, 0.1) is 12.2 Å². The summed E-state index contributed by atoms with van der Waals surface area (Å²) in [6.45, 7) is 0.618. The Balaban J connectivity index is 1.61. The van der Waals surface area contributed by atoms with E-state index in [9.17, 15) is 9.18 Å². The second kappa shape index (κ2) is 4.83. The molecule has 1 N–H and O–H groups in total. The van der Waals surface area contributed by atoms with Crippen LogP contribution in [0.4, 0.5) is 4.39 Å². The highest BCUT2D eigenvalue weighted by atomic mass is 19.1. The van der Waals surface area contributed by atoms with E-state index in [-0.39, 0.29) is 5.56 Å². The number of carboxylic acids is 1. The van der Waals surface area contributed by atoms with Gasteiger partial charge in [0.25, 0.3) is 0 Å². The number of ether oxygens (including phenoxy) is 1. The lowest BCUT2D eigenvalue weighted by molar-refractivity contribution is 0.0692. The molecule has 1 aromatic carbocycles. The molecule has 2 aliphatic carbocycles. The number of halogens is 1. The van der Waals surface area contributed by atoms with E-state index in [4.69, 9.17) is 9.84 Å². The number of aromatic carboxylic acids is 1. The van der Waals surface area contributed by atoms with Crippen molar-refractivity contribution in [3.05, 3.63) is 29.6 Å². The van der Waals surface area contributed by atoms with Crippen molar-refractivity contribution in [2.24, 2.45) is 17.8 Å². The number of carbonyl (C=O) groups is 1. The van der Waals surface area contributed by atoms with Crippen molar-refractivity contribution in [2.45, 2.75) is 25.7 Å². The molecule has 0 saturated heterocycles. The van der Waals surface area contributed by atoms with Gasteiger partial charge in [-0.15, -0.1) is 0 Å². The highest BCUT2D eigenvalue weighted by molar-refractivity contribution is 5.88. The molecule has 102 valence electrons. The number of hydrogen-bond acceptors (Lipinski definition) is 2. The predicted molar refractivity (Wildman–Crippen MR) is 67.8 cm³/mol. The molecular weight excluding hydrogens is 247 g/mol. The summed E-state index contributed by atoms with van der Waals surface area (Å²) in [6, 6.07) is 3.95. The first-order valence-electron chi connectivity index (χ1n) is 6.79. The molecule has 4 heteroatoms. The van der Waals surface area contributed by atoms with E-state index in [0.717, 1.165) is 17.9 Å². The van der Waals surface area contributed by atoms with Crippen LogP contribution >= 0.6 is 0 Å². The van der Waals surface area contributed by atoms with E-state index in [0.29, 0.717) is 18.3 Å². The number of carboxylic acid groups (broad SMARTS) is 1. The smallest absolute Gasteiger partial charge is 0.338 e. The molecule has 3 rings (SSSR count). The highest BCUT2D eigenvalue weighted by Crippen LogP contribution is 2.48. The summed E-state index contributed by atoms with van der Waals surface area (Å²) in [5.41, 5.74) is -0.313. The summed E-state index contributed by atoms with van der Waals surface area (Å²) in [5.74, 6) is 0.652. The molecule has 0 aliphatic heterocycles. The molecule has 2 saturated carbocycles. The minimum atomic E-state index is -1.25. The Morgan fingerprint density at radius 3 is 2.79 bits per heavy atom. The summed E-state index contributed by atoms with van der Waals surface area (Å²) >= 11 is 0. The Morgan fingerprint density at radius 1 is 1.37 bits per heavy atom. The summed E-state index contributed by atoms with van der Waals surface area (Å²) in [5, 5.41) is 8.75. The standard InChI is InChI=1S/C15H17FO3/c16-14-7-12(3-4-13(14)15(17)18)19-8-11-6-9-1-2-10(11)5-9/h3-4,7,9-11H,1-2,5-6,8H2,(H,17,18). The zero-order valence-electron chi connectivity index (χ0n) is 10.6. The predicted octanol–water partition coefficient (Wildman–Crippen LogP) is 3.34. The summed E-state index contributed by atoms with van der Waals surface area (Å²) in [7, 11) is 0. The van der Waals surface area contributed by atoms with Crippen LogP contribution in [0, 0.1) is 23.6 Å². The van der Waals surface area contributed by atoms with Gasteiger partial charge in [-0.05, 0) is 49.1 Å². The third kappa shape index (κ3) is 2.44. The highest BCUT2D eigenvalue weighted by Gasteiger charge is 2.39. The topological polar surface area (TPSA) is 46.5 Å². The van der Waals surface area contributed by atoms with Gasteiger partial charge < -0.3 is 9.84 Å². The molecular formula is C15H17FO3. The Kier molecular flexibility index (Phi) is 3.17. The molecule has 3 atom stereocenters. The Morgan fingerprint density at radius 2 is 2.21 bits per heavy atom. The van der Waals surface area contributed by atoms with Gasteiger partial charge in [0.1, 0.15) is 11.6 Å². The van der Waals surface area contributed by atoms with E-state index in [1.807, 2.05) is 0 Å². The normalized spacial score (nSPS) is 28.6.